The van der Waals surface area contributed by atoms with Crippen LogP contribution in [0, 0.1) is 17.3 Å². The van der Waals surface area contributed by atoms with E-state index in [9.17, 15) is 4.79 Å². The third kappa shape index (κ3) is 3.51. The van der Waals surface area contributed by atoms with Gasteiger partial charge in [0.25, 0.3) is 0 Å². The molecule has 1 atom stereocenters. The molecular weight excluding hydrogens is 348 g/mol. The monoisotopic (exact) mass is 376 g/mol. The first-order chi connectivity index (χ1) is 13.7. The number of carbonyl (C=O) groups is 1. The van der Waals surface area contributed by atoms with Crippen LogP contribution in [0.25, 0.3) is 0 Å². The zero-order chi connectivity index (χ0) is 19.0. The lowest BCUT2D eigenvalue weighted by Crippen LogP contribution is -2.62. The molecule has 1 aliphatic carbocycles. The molecule has 1 aromatic carbocycles. The Bertz CT molecular complexity index is 815. The maximum Gasteiger partial charge on any atom is 0.223 e. The van der Waals surface area contributed by atoms with Gasteiger partial charge in [-0.05, 0) is 42.5 Å². The Morgan fingerprint density at radius 2 is 1.93 bits per heavy atom. The molecule has 0 radical (unpaired) electrons. The number of hydrogen-bond donors (Lipinski definition) is 1. The SMILES string of the molecule is O=C(NCC1CN(Cc2cccnc2)CC12CN(c1ccccc1)C2)C1CC1. The number of anilines is 1. The molecule has 3 aliphatic rings. The van der Waals surface area contributed by atoms with Gasteiger partial charge in [-0.2, -0.15) is 0 Å². The predicted molar refractivity (Wildman–Crippen MR) is 110 cm³/mol. The summed E-state index contributed by atoms with van der Waals surface area (Å²) in [6.45, 7) is 6.03. The van der Waals surface area contributed by atoms with Gasteiger partial charge in [0.15, 0.2) is 0 Å². The third-order valence-electron chi connectivity index (χ3n) is 6.62. The second kappa shape index (κ2) is 7.21. The average molecular weight is 377 g/mol. The van der Waals surface area contributed by atoms with Gasteiger partial charge in [0.05, 0.1) is 0 Å². The van der Waals surface area contributed by atoms with Crippen LogP contribution in [0.1, 0.15) is 18.4 Å². The van der Waals surface area contributed by atoms with E-state index >= 15 is 0 Å². The molecule has 0 bridgehead atoms. The van der Waals surface area contributed by atoms with Crippen LogP contribution < -0.4 is 10.2 Å². The number of aromatic nitrogens is 1. The molecule has 1 unspecified atom stereocenters. The zero-order valence-electron chi connectivity index (χ0n) is 16.3. The lowest BCUT2D eigenvalue weighted by Gasteiger charge is -2.52. The molecule has 5 nitrogen and oxygen atoms in total. The molecule has 146 valence electrons. The molecule has 1 N–H and O–H groups in total. The van der Waals surface area contributed by atoms with Crippen molar-refractivity contribution in [3.8, 4) is 0 Å². The molecule has 2 aromatic rings. The number of nitrogens with one attached hydrogen (secondary N) is 1. The van der Waals surface area contributed by atoms with Gasteiger partial charge in [-0.3, -0.25) is 14.7 Å². The van der Waals surface area contributed by atoms with Crippen LogP contribution in [0.2, 0.25) is 0 Å². The molecule has 28 heavy (non-hydrogen) atoms. The van der Waals surface area contributed by atoms with Crippen LogP contribution in [0.15, 0.2) is 54.9 Å². The van der Waals surface area contributed by atoms with Gasteiger partial charge < -0.3 is 10.2 Å². The molecule has 3 fully saturated rings. The van der Waals surface area contributed by atoms with Gasteiger partial charge in [0.2, 0.25) is 5.91 Å². The molecule has 3 heterocycles. The summed E-state index contributed by atoms with van der Waals surface area (Å²) in [7, 11) is 0. The molecule has 2 saturated heterocycles. The van der Waals surface area contributed by atoms with E-state index in [1.807, 2.05) is 18.5 Å². The van der Waals surface area contributed by atoms with Crippen LogP contribution in [0.4, 0.5) is 5.69 Å². The number of nitrogens with zero attached hydrogens (tertiary/aromatic N) is 3. The first-order valence-electron chi connectivity index (χ1n) is 10.4. The zero-order valence-corrected chi connectivity index (χ0v) is 16.3. The van der Waals surface area contributed by atoms with E-state index in [4.69, 9.17) is 0 Å². The van der Waals surface area contributed by atoms with E-state index in [0.717, 1.165) is 52.1 Å². The van der Waals surface area contributed by atoms with Crippen molar-refractivity contribution in [2.24, 2.45) is 17.3 Å². The minimum atomic E-state index is 0.264. The van der Waals surface area contributed by atoms with Crippen molar-refractivity contribution in [3.05, 3.63) is 60.4 Å². The van der Waals surface area contributed by atoms with Crippen molar-refractivity contribution in [1.82, 2.24) is 15.2 Å². The maximum absolute atomic E-state index is 12.2. The second-order valence-corrected chi connectivity index (χ2v) is 8.80. The Morgan fingerprint density at radius 3 is 2.64 bits per heavy atom. The molecule has 1 spiro atoms. The third-order valence-corrected chi connectivity index (χ3v) is 6.62. The Balaban J connectivity index is 1.27. The number of pyridine rings is 1. The molecule has 1 saturated carbocycles. The van der Waals surface area contributed by atoms with Crippen molar-refractivity contribution in [1.29, 1.82) is 0 Å². The van der Waals surface area contributed by atoms with E-state index in [0.29, 0.717) is 5.92 Å². The Morgan fingerprint density at radius 1 is 1.11 bits per heavy atom. The van der Waals surface area contributed by atoms with E-state index in [2.05, 4.69) is 56.5 Å². The summed E-state index contributed by atoms with van der Waals surface area (Å²) in [6.07, 6.45) is 5.92. The average Bonchev–Trinajstić information content (AvgIpc) is 3.48. The van der Waals surface area contributed by atoms with Crippen molar-refractivity contribution in [2.45, 2.75) is 19.4 Å². The number of amides is 1. The molecule has 2 aliphatic heterocycles. The molecule has 5 heteroatoms. The van der Waals surface area contributed by atoms with E-state index in [1.54, 1.807) is 0 Å². The highest BCUT2D eigenvalue weighted by Crippen LogP contribution is 2.45. The normalized spacial score (nSPS) is 23.6. The fourth-order valence-corrected chi connectivity index (χ4v) is 4.90. The lowest BCUT2D eigenvalue weighted by molar-refractivity contribution is -0.122. The van der Waals surface area contributed by atoms with Gasteiger partial charge in [-0.15, -0.1) is 0 Å². The van der Waals surface area contributed by atoms with Crippen LogP contribution in [0.5, 0.6) is 0 Å². The van der Waals surface area contributed by atoms with Crippen LogP contribution in [-0.4, -0.2) is 48.5 Å². The topological polar surface area (TPSA) is 48.5 Å². The minimum absolute atomic E-state index is 0.264. The van der Waals surface area contributed by atoms with E-state index in [1.165, 1.54) is 11.3 Å². The summed E-state index contributed by atoms with van der Waals surface area (Å²) in [6, 6.07) is 14.8. The quantitative estimate of drug-likeness (QED) is 0.842. The van der Waals surface area contributed by atoms with Gasteiger partial charge >= 0.3 is 0 Å². The summed E-state index contributed by atoms with van der Waals surface area (Å²) >= 11 is 0. The maximum atomic E-state index is 12.2. The van der Waals surface area contributed by atoms with Crippen LogP contribution >= 0.6 is 0 Å². The number of hydrogen-bond acceptors (Lipinski definition) is 4. The van der Waals surface area contributed by atoms with Gasteiger partial charge in [0, 0.05) is 68.7 Å². The van der Waals surface area contributed by atoms with Crippen molar-refractivity contribution in [2.75, 3.05) is 37.6 Å². The summed E-state index contributed by atoms with van der Waals surface area (Å²) in [5.74, 6) is 1.05. The Labute approximate surface area is 166 Å². The minimum Gasteiger partial charge on any atom is -0.370 e. The molecular formula is C23H28N4O. The van der Waals surface area contributed by atoms with Crippen LogP contribution in [0.3, 0.4) is 0 Å². The van der Waals surface area contributed by atoms with E-state index < -0.39 is 0 Å². The number of likely N-dealkylation sites (tertiary alicyclic amines) is 1. The fraction of sp³-hybridized carbons (Fsp3) is 0.478. The molecule has 5 rings (SSSR count). The highest BCUT2D eigenvalue weighted by Gasteiger charge is 2.54. The van der Waals surface area contributed by atoms with Gasteiger partial charge in [-0.1, -0.05) is 24.3 Å². The highest BCUT2D eigenvalue weighted by molar-refractivity contribution is 5.80. The predicted octanol–water partition coefficient (Wildman–Crippen LogP) is 2.55. The second-order valence-electron chi connectivity index (χ2n) is 8.80. The summed E-state index contributed by atoms with van der Waals surface area (Å²) in [4.78, 5) is 21.5. The number of carbonyl (C=O) groups excluding carboxylic acids is 1. The summed E-state index contributed by atoms with van der Waals surface area (Å²) < 4.78 is 0. The molecule has 1 amide bonds. The number of rotatable bonds is 6. The summed E-state index contributed by atoms with van der Waals surface area (Å²) in [5, 5.41) is 3.25. The standard InChI is InChI=1S/C23H28N4O/c28-22(19-8-9-19)25-12-20-14-26(13-18-5-4-10-24-11-18)15-23(20)16-27(17-23)21-6-2-1-3-7-21/h1-7,10-11,19-20H,8-9,12-17H2,(H,25,28). The van der Waals surface area contributed by atoms with Crippen molar-refractivity contribution in [3.63, 3.8) is 0 Å². The van der Waals surface area contributed by atoms with E-state index in [-0.39, 0.29) is 17.2 Å². The van der Waals surface area contributed by atoms with Gasteiger partial charge in [0.1, 0.15) is 0 Å². The number of benzene rings is 1. The number of para-hydroxylation sites is 1. The Kier molecular flexibility index (Phi) is 4.55. The fourth-order valence-electron chi connectivity index (χ4n) is 4.90. The molecule has 1 aromatic heterocycles. The Hall–Kier alpha value is -2.40. The smallest absolute Gasteiger partial charge is 0.223 e. The van der Waals surface area contributed by atoms with Crippen LogP contribution in [-0.2, 0) is 11.3 Å². The largest absolute Gasteiger partial charge is 0.370 e. The first-order valence-corrected chi connectivity index (χ1v) is 10.4. The van der Waals surface area contributed by atoms with Gasteiger partial charge in [-0.25, -0.2) is 0 Å². The lowest BCUT2D eigenvalue weighted by atomic mass is 9.71. The summed E-state index contributed by atoms with van der Waals surface area (Å²) in [5.41, 5.74) is 2.84. The van der Waals surface area contributed by atoms with Crippen molar-refractivity contribution < 1.29 is 4.79 Å². The van der Waals surface area contributed by atoms with Crippen molar-refractivity contribution >= 4 is 11.6 Å². The highest BCUT2D eigenvalue weighted by atomic mass is 16.2. The first kappa shape index (κ1) is 17.7.